The summed E-state index contributed by atoms with van der Waals surface area (Å²) in [6, 6.07) is 20.9. The lowest BCUT2D eigenvalue weighted by Crippen LogP contribution is -2.41. The fourth-order valence-electron chi connectivity index (χ4n) is 4.33. The molecule has 9 heteroatoms. The predicted octanol–water partition coefficient (Wildman–Crippen LogP) is 4.67. The molecule has 5 rings (SSSR count). The van der Waals surface area contributed by atoms with E-state index in [4.69, 9.17) is 4.74 Å². The van der Waals surface area contributed by atoms with Gasteiger partial charge in [-0.05, 0) is 37.4 Å². The van der Waals surface area contributed by atoms with Crippen LogP contribution in [0.25, 0.3) is 10.8 Å². The molecule has 0 saturated carbocycles. The molecule has 0 spiro atoms. The van der Waals surface area contributed by atoms with Crippen LogP contribution in [0.3, 0.4) is 0 Å². The van der Waals surface area contributed by atoms with Gasteiger partial charge in [0.15, 0.2) is 17.6 Å². The Balaban J connectivity index is 1.32. The normalized spacial score (nSPS) is 13.9. The van der Waals surface area contributed by atoms with Crippen molar-refractivity contribution in [1.29, 1.82) is 0 Å². The average molecular weight is 488 g/mol. The highest BCUT2D eigenvalue weighted by molar-refractivity contribution is 7.99. The maximum absolute atomic E-state index is 12.7. The third-order valence-electron chi connectivity index (χ3n) is 5.96. The molecule has 1 aliphatic heterocycles. The van der Waals surface area contributed by atoms with E-state index >= 15 is 0 Å². The lowest BCUT2D eigenvalue weighted by atomic mass is 10.1. The van der Waals surface area contributed by atoms with Crippen LogP contribution in [0, 0.1) is 0 Å². The highest BCUT2D eigenvalue weighted by Gasteiger charge is 2.33. The van der Waals surface area contributed by atoms with E-state index in [9.17, 15) is 9.59 Å². The molecule has 0 radical (unpaired) electrons. The summed E-state index contributed by atoms with van der Waals surface area (Å²) in [7, 11) is 0. The van der Waals surface area contributed by atoms with Gasteiger partial charge in [-0.25, -0.2) is 0 Å². The van der Waals surface area contributed by atoms with Crippen LogP contribution < -0.4 is 15.0 Å². The lowest BCUT2D eigenvalue weighted by Gasteiger charge is -2.33. The first-order valence-electron chi connectivity index (χ1n) is 11.4. The number of aromatic nitrogens is 3. The number of carbonyl (C=O) groups excluding carboxylic acids is 2. The van der Waals surface area contributed by atoms with Gasteiger partial charge in [-0.15, -0.1) is 10.2 Å². The van der Waals surface area contributed by atoms with E-state index in [0.717, 1.165) is 16.5 Å². The van der Waals surface area contributed by atoms with Crippen LogP contribution in [-0.2, 0) is 16.1 Å². The minimum absolute atomic E-state index is 0.0163. The molecule has 0 saturated heterocycles. The number of benzene rings is 3. The third kappa shape index (κ3) is 4.46. The maximum Gasteiger partial charge on any atom is 0.265 e. The van der Waals surface area contributed by atoms with Gasteiger partial charge in [-0.2, -0.15) is 0 Å². The van der Waals surface area contributed by atoms with Crippen molar-refractivity contribution in [2.45, 2.75) is 31.6 Å². The number of hydrogen-bond donors (Lipinski definition) is 1. The second kappa shape index (κ2) is 9.79. The van der Waals surface area contributed by atoms with E-state index < -0.39 is 0 Å². The monoisotopic (exact) mass is 487 g/mol. The van der Waals surface area contributed by atoms with Crippen molar-refractivity contribution >= 4 is 45.7 Å². The van der Waals surface area contributed by atoms with Crippen molar-refractivity contribution in [1.82, 2.24) is 14.8 Å². The second-order valence-corrected chi connectivity index (χ2v) is 9.09. The summed E-state index contributed by atoms with van der Waals surface area (Å²) in [5.41, 5.74) is 1.50. The molecule has 1 atom stereocenters. The number of anilines is 2. The first-order valence-corrected chi connectivity index (χ1v) is 12.4. The molecule has 0 fully saturated rings. The molecule has 0 aliphatic carbocycles. The molecule has 3 aromatic carbocycles. The zero-order valence-corrected chi connectivity index (χ0v) is 20.3. The third-order valence-corrected chi connectivity index (χ3v) is 6.93. The van der Waals surface area contributed by atoms with Gasteiger partial charge in [0.05, 0.1) is 17.5 Å². The van der Waals surface area contributed by atoms with Crippen molar-refractivity contribution in [3.63, 3.8) is 0 Å². The van der Waals surface area contributed by atoms with Gasteiger partial charge in [-0.1, -0.05) is 60.3 Å². The van der Waals surface area contributed by atoms with E-state index in [0.29, 0.717) is 29.0 Å². The summed E-state index contributed by atoms with van der Waals surface area (Å²) < 4.78 is 7.52. The number of fused-ring (bicyclic) bond motifs is 2. The molecule has 1 aliphatic rings. The van der Waals surface area contributed by atoms with Crippen molar-refractivity contribution in [2.24, 2.45) is 0 Å². The Labute approximate surface area is 207 Å². The van der Waals surface area contributed by atoms with Crippen LogP contribution in [-0.4, -0.2) is 38.9 Å². The molecule has 0 bridgehead atoms. The number of hydrogen-bond acceptors (Lipinski definition) is 6. The van der Waals surface area contributed by atoms with E-state index in [1.807, 2.05) is 85.1 Å². The molecular weight excluding hydrogens is 462 g/mol. The van der Waals surface area contributed by atoms with Gasteiger partial charge in [0.25, 0.3) is 5.91 Å². The SMILES string of the molecule is CCn1c(SCC(=O)Nc2cccc3ccccc23)nnc1[C@H](C)N1C(=O)COc2ccccc21. The average Bonchev–Trinajstić information content (AvgIpc) is 3.30. The van der Waals surface area contributed by atoms with Crippen molar-refractivity contribution in [3.05, 3.63) is 72.6 Å². The molecular formula is C26H25N5O3S. The lowest BCUT2D eigenvalue weighted by molar-refractivity contribution is -0.121. The number of amides is 2. The van der Waals surface area contributed by atoms with Crippen molar-refractivity contribution in [2.75, 3.05) is 22.6 Å². The molecule has 2 heterocycles. The molecule has 35 heavy (non-hydrogen) atoms. The maximum atomic E-state index is 12.7. The first kappa shape index (κ1) is 22.9. The summed E-state index contributed by atoms with van der Waals surface area (Å²) in [6.07, 6.45) is 0. The van der Waals surface area contributed by atoms with Crippen molar-refractivity contribution < 1.29 is 14.3 Å². The van der Waals surface area contributed by atoms with Crippen molar-refractivity contribution in [3.8, 4) is 5.75 Å². The summed E-state index contributed by atoms with van der Waals surface area (Å²) in [5.74, 6) is 1.26. The number of para-hydroxylation sites is 2. The number of thioether (sulfide) groups is 1. The van der Waals surface area contributed by atoms with Gasteiger partial charge >= 0.3 is 0 Å². The van der Waals surface area contributed by atoms with E-state index in [2.05, 4.69) is 15.5 Å². The standard InChI is InChI=1S/C26H25N5O3S/c1-3-30-25(17(2)31-21-13-6-7-14-22(21)34-15-24(31)33)28-29-26(30)35-16-23(32)27-20-12-8-10-18-9-4-5-11-19(18)20/h4-14,17H,3,15-16H2,1-2H3,(H,27,32)/t17-/m0/s1. The van der Waals surface area contributed by atoms with Crippen LogP contribution in [0.4, 0.5) is 11.4 Å². The zero-order chi connectivity index (χ0) is 24.4. The van der Waals surface area contributed by atoms with Gasteiger partial charge < -0.3 is 14.6 Å². The molecule has 8 nitrogen and oxygen atoms in total. The number of rotatable bonds is 7. The molecule has 1 N–H and O–H groups in total. The summed E-state index contributed by atoms with van der Waals surface area (Å²) in [6.45, 7) is 4.52. The second-order valence-electron chi connectivity index (χ2n) is 8.14. The Morgan fingerprint density at radius 1 is 1.09 bits per heavy atom. The smallest absolute Gasteiger partial charge is 0.265 e. The fraction of sp³-hybridized carbons (Fsp3) is 0.231. The summed E-state index contributed by atoms with van der Waals surface area (Å²) in [5, 5.41) is 14.4. The van der Waals surface area contributed by atoms with Crippen LogP contribution in [0.1, 0.15) is 25.7 Å². The highest BCUT2D eigenvalue weighted by Crippen LogP contribution is 2.37. The van der Waals surface area contributed by atoms with Crippen LogP contribution >= 0.6 is 11.8 Å². The van der Waals surface area contributed by atoms with Crippen LogP contribution in [0.15, 0.2) is 71.9 Å². The predicted molar refractivity (Wildman–Crippen MR) is 137 cm³/mol. The number of carbonyl (C=O) groups is 2. The van der Waals surface area contributed by atoms with Crippen LogP contribution in [0.5, 0.6) is 5.75 Å². The zero-order valence-electron chi connectivity index (χ0n) is 19.5. The number of ether oxygens (including phenoxy) is 1. The van der Waals surface area contributed by atoms with Gasteiger partial charge in [0.2, 0.25) is 5.91 Å². The van der Waals surface area contributed by atoms with Gasteiger partial charge in [-0.3, -0.25) is 14.5 Å². The van der Waals surface area contributed by atoms with Crippen LogP contribution in [0.2, 0.25) is 0 Å². The fourth-order valence-corrected chi connectivity index (χ4v) is 5.13. The summed E-state index contributed by atoms with van der Waals surface area (Å²) >= 11 is 1.32. The highest BCUT2D eigenvalue weighted by atomic mass is 32.2. The van der Waals surface area contributed by atoms with E-state index in [-0.39, 0.29) is 30.2 Å². The van der Waals surface area contributed by atoms with E-state index in [1.165, 1.54) is 11.8 Å². The Hall–Kier alpha value is -3.85. The Kier molecular flexibility index (Phi) is 6.41. The summed E-state index contributed by atoms with van der Waals surface area (Å²) in [4.78, 5) is 27.2. The first-order chi connectivity index (χ1) is 17.1. The molecule has 0 unspecified atom stereocenters. The Bertz CT molecular complexity index is 1400. The minimum atomic E-state index is -0.348. The molecule has 178 valence electrons. The number of nitrogens with one attached hydrogen (secondary N) is 1. The molecule has 1 aromatic heterocycles. The van der Waals surface area contributed by atoms with E-state index in [1.54, 1.807) is 4.90 Å². The Morgan fingerprint density at radius 2 is 1.86 bits per heavy atom. The van der Waals surface area contributed by atoms with Gasteiger partial charge in [0, 0.05) is 17.6 Å². The topological polar surface area (TPSA) is 89.4 Å². The number of nitrogens with zero attached hydrogens (tertiary/aromatic N) is 4. The largest absolute Gasteiger partial charge is 0.482 e. The molecule has 4 aromatic rings. The minimum Gasteiger partial charge on any atom is -0.482 e. The Morgan fingerprint density at radius 3 is 2.71 bits per heavy atom. The van der Waals surface area contributed by atoms with Gasteiger partial charge in [0.1, 0.15) is 5.75 Å². The molecule has 2 amide bonds. The quantitative estimate of drug-likeness (QED) is 0.381.